The zero-order chi connectivity index (χ0) is 13.8. The first-order chi connectivity index (χ1) is 9.83. The van der Waals surface area contributed by atoms with Crippen molar-refractivity contribution in [1.82, 2.24) is 5.32 Å². The Morgan fingerprint density at radius 2 is 2.30 bits per heavy atom. The summed E-state index contributed by atoms with van der Waals surface area (Å²) in [6.45, 7) is 2.41. The lowest BCUT2D eigenvalue weighted by atomic mass is 10.1. The summed E-state index contributed by atoms with van der Waals surface area (Å²) in [4.78, 5) is 0.977. The summed E-state index contributed by atoms with van der Waals surface area (Å²) >= 11 is 1.56. The highest BCUT2D eigenvalue weighted by atomic mass is 32.1. The third-order valence-corrected chi connectivity index (χ3v) is 4.48. The second-order valence-electron chi connectivity index (χ2n) is 5.09. The van der Waals surface area contributed by atoms with Gasteiger partial charge in [0.15, 0.2) is 0 Å². The SMILES string of the molecule is Fc1ccc(CNC2CCCOC2)cc1-c1cccs1. The van der Waals surface area contributed by atoms with Crippen molar-refractivity contribution in [1.29, 1.82) is 0 Å². The fourth-order valence-corrected chi connectivity index (χ4v) is 3.21. The zero-order valence-corrected chi connectivity index (χ0v) is 12.1. The Hall–Kier alpha value is -1.23. The quantitative estimate of drug-likeness (QED) is 0.924. The molecule has 0 bridgehead atoms. The number of hydrogen-bond acceptors (Lipinski definition) is 3. The molecule has 1 saturated heterocycles. The molecule has 1 N–H and O–H groups in total. The minimum absolute atomic E-state index is 0.155. The summed E-state index contributed by atoms with van der Waals surface area (Å²) in [5.41, 5.74) is 1.81. The van der Waals surface area contributed by atoms with Crippen molar-refractivity contribution in [2.24, 2.45) is 0 Å². The molecule has 106 valence electrons. The summed E-state index contributed by atoms with van der Waals surface area (Å²) in [6, 6.07) is 9.67. The van der Waals surface area contributed by atoms with Crippen LogP contribution in [0.15, 0.2) is 35.7 Å². The van der Waals surface area contributed by atoms with Gasteiger partial charge in [0.2, 0.25) is 0 Å². The molecule has 2 nitrogen and oxygen atoms in total. The molecule has 1 atom stereocenters. The van der Waals surface area contributed by atoms with E-state index in [0.29, 0.717) is 11.6 Å². The second-order valence-corrected chi connectivity index (χ2v) is 6.03. The van der Waals surface area contributed by atoms with E-state index in [1.807, 2.05) is 29.6 Å². The van der Waals surface area contributed by atoms with Crippen LogP contribution in [-0.4, -0.2) is 19.3 Å². The first-order valence-electron chi connectivity index (χ1n) is 6.96. The monoisotopic (exact) mass is 291 g/mol. The molecule has 0 amide bonds. The van der Waals surface area contributed by atoms with E-state index in [4.69, 9.17) is 4.74 Å². The van der Waals surface area contributed by atoms with Crippen LogP contribution < -0.4 is 5.32 Å². The Kier molecular flexibility index (Phi) is 4.45. The topological polar surface area (TPSA) is 21.3 Å². The van der Waals surface area contributed by atoms with Gasteiger partial charge in [-0.3, -0.25) is 0 Å². The van der Waals surface area contributed by atoms with Crippen molar-refractivity contribution in [3.8, 4) is 10.4 Å². The van der Waals surface area contributed by atoms with Crippen LogP contribution in [0, 0.1) is 5.82 Å². The number of halogens is 1. The predicted molar refractivity (Wildman–Crippen MR) is 80.4 cm³/mol. The molecule has 0 saturated carbocycles. The Labute approximate surface area is 122 Å². The molecular formula is C16H18FNOS. The van der Waals surface area contributed by atoms with Gasteiger partial charge in [-0.2, -0.15) is 0 Å². The average Bonchev–Trinajstić information content (AvgIpc) is 3.01. The van der Waals surface area contributed by atoms with Crippen LogP contribution in [-0.2, 0) is 11.3 Å². The number of ether oxygens (including phenoxy) is 1. The Bertz CT molecular complexity index is 550. The molecule has 2 aromatic rings. The van der Waals surface area contributed by atoms with E-state index in [9.17, 15) is 4.39 Å². The summed E-state index contributed by atoms with van der Waals surface area (Å²) < 4.78 is 19.3. The summed E-state index contributed by atoms with van der Waals surface area (Å²) in [5, 5.41) is 5.46. The number of thiophene rings is 1. The minimum atomic E-state index is -0.155. The van der Waals surface area contributed by atoms with Crippen molar-refractivity contribution >= 4 is 11.3 Å². The maximum atomic E-state index is 13.9. The predicted octanol–water partition coefficient (Wildman–Crippen LogP) is 3.82. The summed E-state index contributed by atoms with van der Waals surface area (Å²) in [6.07, 6.45) is 2.26. The van der Waals surface area contributed by atoms with E-state index in [1.165, 1.54) is 0 Å². The van der Waals surface area contributed by atoms with Gasteiger partial charge in [-0.1, -0.05) is 12.1 Å². The molecule has 3 rings (SSSR count). The summed E-state index contributed by atoms with van der Waals surface area (Å²) in [5.74, 6) is -0.155. The lowest BCUT2D eigenvalue weighted by molar-refractivity contribution is 0.0699. The molecular weight excluding hydrogens is 273 g/mol. The molecule has 2 heterocycles. The molecule has 0 aliphatic carbocycles. The smallest absolute Gasteiger partial charge is 0.131 e. The van der Waals surface area contributed by atoms with Crippen LogP contribution in [0.25, 0.3) is 10.4 Å². The lowest BCUT2D eigenvalue weighted by Crippen LogP contribution is -2.36. The molecule has 1 unspecified atom stereocenters. The summed E-state index contributed by atoms with van der Waals surface area (Å²) in [7, 11) is 0. The standard InChI is InChI=1S/C16H18FNOS/c17-15-6-5-12(9-14(15)16-4-2-8-20-16)10-18-13-3-1-7-19-11-13/h2,4-6,8-9,13,18H,1,3,7,10-11H2. The van der Waals surface area contributed by atoms with Gasteiger partial charge >= 0.3 is 0 Å². The van der Waals surface area contributed by atoms with Crippen molar-refractivity contribution in [3.05, 3.63) is 47.1 Å². The van der Waals surface area contributed by atoms with E-state index in [2.05, 4.69) is 5.32 Å². The van der Waals surface area contributed by atoms with Gasteiger partial charge in [0.25, 0.3) is 0 Å². The number of hydrogen-bond donors (Lipinski definition) is 1. The van der Waals surface area contributed by atoms with Crippen LogP contribution in [0.3, 0.4) is 0 Å². The maximum Gasteiger partial charge on any atom is 0.131 e. The molecule has 0 spiro atoms. The van der Waals surface area contributed by atoms with E-state index in [-0.39, 0.29) is 5.82 Å². The number of benzene rings is 1. The third kappa shape index (κ3) is 3.26. The largest absolute Gasteiger partial charge is 0.380 e. The first-order valence-corrected chi connectivity index (χ1v) is 7.84. The van der Waals surface area contributed by atoms with E-state index in [1.54, 1.807) is 17.4 Å². The van der Waals surface area contributed by atoms with Crippen LogP contribution in [0.2, 0.25) is 0 Å². The van der Waals surface area contributed by atoms with Gasteiger partial charge < -0.3 is 10.1 Å². The molecule has 4 heteroatoms. The fraction of sp³-hybridized carbons (Fsp3) is 0.375. The Morgan fingerprint density at radius 1 is 1.35 bits per heavy atom. The molecule has 1 aromatic heterocycles. The van der Waals surface area contributed by atoms with Crippen molar-refractivity contribution in [2.45, 2.75) is 25.4 Å². The molecule has 1 aromatic carbocycles. The molecule has 20 heavy (non-hydrogen) atoms. The maximum absolute atomic E-state index is 13.9. The molecule has 1 aliphatic rings. The van der Waals surface area contributed by atoms with Crippen LogP contribution in [0.1, 0.15) is 18.4 Å². The average molecular weight is 291 g/mol. The molecule has 0 radical (unpaired) electrons. The lowest BCUT2D eigenvalue weighted by Gasteiger charge is -2.23. The van der Waals surface area contributed by atoms with Crippen LogP contribution in [0.5, 0.6) is 0 Å². The second kappa shape index (κ2) is 6.48. The third-order valence-electron chi connectivity index (χ3n) is 3.57. The van der Waals surface area contributed by atoms with E-state index in [0.717, 1.165) is 43.0 Å². The van der Waals surface area contributed by atoms with Gasteiger partial charge in [-0.25, -0.2) is 4.39 Å². The Balaban J connectivity index is 1.69. The van der Waals surface area contributed by atoms with E-state index < -0.39 is 0 Å². The van der Waals surface area contributed by atoms with Crippen LogP contribution in [0.4, 0.5) is 4.39 Å². The van der Waals surface area contributed by atoms with Crippen molar-refractivity contribution < 1.29 is 9.13 Å². The molecule has 1 fully saturated rings. The number of rotatable bonds is 4. The highest BCUT2D eigenvalue weighted by Crippen LogP contribution is 2.28. The Morgan fingerprint density at radius 3 is 3.05 bits per heavy atom. The van der Waals surface area contributed by atoms with Gasteiger partial charge in [0.05, 0.1) is 6.61 Å². The van der Waals surface area contributed by atoms with Crippen LogP contribution >= 0.6 is 11.3 Å². The highest BCUT2D eigenvalue weighted by molar-refractivity contribution is 7.13. The van der Waals surface area contributed by atoms with Gasteiger partial charge in [-0.15, -0.1) is 11.3 Å². The normalized spacial score (nSPS) is 19.1. The fourth-order valence-electron chi connectivity index (χ4n) is 2.47. The molecule has 1 aliphatic heterocycles. The van der Waals surface area contributed by atoms with Gasteiger partial charge in [-0.05, 0) is 42.0 Å². The minimum Gasteiger partial charge on any atom is -0.380 e. The first kappa shape index (κ1) is 13.7. The van der Waals surface area contributed by atoms with Crippen molar-refractivity contribution in [2.75, 3.05) is 13.2 Å². The van der Waals surface area contributed by atoms with E-state index >= 15 is 0 Å². The van der Waals surface area contributed by atoms with Crippen molar-refractivity contribution in [3.63, 3.8) is 0 Å². The van der Waals surface area contributed by atoms with Gasteiger partial charge in [0.1, 0.15) is 5.82 Å². The number of nitrogens with one attached hydrogen (secondary N) is 1. The van der Waals surface area contributed by atoms with Gasteiger partial charge in [0, 0.05) is 29.6 Å². The highest BCUT2D eigenvalue weighted by Gasteiger charge is 2.13. The zero-order valence-electron chi connectivity index (χ0n) is 11.3.